The summed E-state index contributed by atoms with van der Waals surface area (Å²) in [5.41, 5.74) is 1.09. The number of nitrogens with zero attached hydrogens (tertiary/aromatic N) is 3. The van der Waals surface area contributed by atoms with E-state index in [0.29, 0.717) is 32.0 Å². The summed E-state index contributed by atoms with van der Waals surface area (Å²) in [6, 6.07) is 9.74. The normalized spacial score (nSPS) is 20.3. The first-order valence-electron chi connectivity index (χ1n) is 11.5. The van der Waals surface area contributed by atoms with Crippen LogP contribution in [0.3, 0.4) is 0 Å². The summed E-state index contributed by atoms with van der Waals surface area (Å²) < 4.78 is 32.8. The molecule has 1 atom stereocenters. The van der Waals surface area contributed by atoms with Gasteiger partial charge in [-0.15, -0.1) is 0 Å². The van der Waals surface area contributed by atoms with Crippen molar-refractivity contribution in [1.29, 1.82) is 0 Å². The predicted octanol–water partition coefficient (Wildman–Crippen LogP) is 2.93. The number of amides is 2. The highest BCUT2D eigenvalue weighted by atomic mass is 32.2. The van der Waals surface area contributed by atoms with Crippen molar-refractivity contribution in [2.45, 2.75) is 50.0 Å². The molecule has 8 nitrogen and oxygen atoms in total. The van der Waals surface area contributed by atoms with Gasteiger partial charge in [0.25, 0.3) is 5.91 Å². The molecular weight excluding hydrogens is 442 g/mol. The largest absolute Gasteiger partial charge is 0.459 e. The first-order valence-corrected chi connectivity index (χ1v) is 13.0. The molecule has 33 heavy (non-hydrogen) atoms. The number of likely N-dealkylation sites (tertiary alicyclic amines) is 1. The van der Waals surface area contributed by atoms with E-state index in [2.05, 4.69) is 13.8 Å². The lowest BCUT2D eigenvalue weighted by Crippen LogP contribution is -2.57. The summed E-state index contributed by atoms with van der Waals surface area (Å²) in [6.07, 6.45) is 3.77. The number of rotatable bonds is 5. The summed E-state index contributed by atoms with van der Waals surface area (Å²) >= 11 is 0. The summed E-state index contributed by atoms with van der Waals surface area (Å²) in [4.78, 5) is 29.7. The van der Waals surface area contributed by atoms with Gasteiger partial charge in [0.15, 0.2) is 5.76 Å². The number of sulfonamides is 1. The minimum atomic E-state index is -3.61. The molecule has 1 unspecified atom stereocenters. The Hall–Kier alpha value is -2.65. The monoisotopic (exact) mass is 473 g/mol. The van der Waals surface area contributed by atoms with E-state index in [9.17, 15) is 18.0 Å². The van der Waals surface area contributed by atoms with Crippen molar-refractivity contribution in [3.8, 4) is 0 Å². The van der Waals surface area contributed by atoms with Gasteiger partial charge in [-0.3, -0.25) is 9.59 Å². The molecule has 2 fully saturated rings. The predicted molar refractivity (Wildman–Crippen MR) is 123 cm³/mol. The highest BCUT2D eigenvalue weighted by Crippen LogP contribution is 2.24. The number of hydrogen-bond acceptors (Lipinski definition) is 5. The van der Waals surface area contributed by atoms with Gasteiger partial charge in [0.2, 0.25) is 15.9 Å². The van der Waals surface area contributed by atoms with Gasteiger partial charge < -0.3 is 14.2 Å². The van der Waals surface area contributed by atoms with Crippen LogP contribution in [0.4, 0.5) is 0 Å². The summed E-state index contributed by atoms with van der Waals surface area (Å²) in [5.74, 6) is 0.168. The maximum atomic E-state index is 13.3. The average molecular weight is 474 g/mol. The van der Waals surface area contributed by atoms with Crippen molar-refractivity contribution in [1.82, 2.24) is 14.1 Å². The second-order valence-electron chi connectivity index (χ2n) is 8.94. The van der Waals surface area contributed by atoms with Gasteiger partial charge in [0.1, 0.15) is 6.04 Å². The van der Waals surface area contributed by atoms with Crippen LogP contribution in [0.2, 0.25) is 0 Å². The molecule has 0 saturated carbocycles. The van der Waals surface area contributed by atoms with Crippen molar-refractivity contribution >= 4 is 21.8 Å². The highest BCUT2D eigenvalue weighted by molar-refractivity contribution is 7.89. The minimum Gasteiger partial charge on any atom is -0.459 e. The molecule has 0 radical (unpaired) electrons. The van der Waals surface area contributed by atoms with Crippen LogP contribution in [0.15, 0.2) is 52.0 Å². The van der Waals surface area contributed by atoms with Crippen LogP contribution in [0.1, 0.15) is 55.1 Å². The van der Waals surface area contributed by atoms with E-state index in [-0.39, 0.29) is 35.6 Å². The number of piperidine rings is 1. The molecule has 4 rings (SSSR count). The maximum absolute atomic E-state index is 13.3. The molecule has 178 valence electrons. The summed E-state index contributed by atoms with van der Waals surface area (Å²) in [6.45, 7) is 5.72. The van der Waals surface area contributed by atoms with Gasteiger partial charge >= 0.3 is 0 Å². The Kier molecular flexibility index (Phi) is 6.90. The molecule has 2 aliphatic heterocycles. The van der Waals surface area contributed by atoms with Gasteiger partial charge in [-0.25, -0.2) is 8.42 Å². The van der Waals surface area contributed by atoms with Crippen LogP contribution in [0.25, 0.3) is 0 Å². The molecule has 2 amide bonds. The second-order valence-corrected chi connectivity index (χ2v) is 10.9. The fraction of sp³-hybridized carbons (Fsp3) is 0.500. The van der Waals surface area contributed by atoms with Gasteiger partial charge in [0.05, 0.1) is 11.2 Å². The molecular formula is C24H31N3O5S. The summed E-state index contributed by atoms with van der Waals surface area (Å²) in [7, 11) is -3.61. The zero-order valence-corrected chi connectivity index (χ0v) is 20.0. The SMILES string of the molecule is CC(C)c1ccc(S(=O)(=O)N2CCN(C(=O)C3CCCCN3C(=O)c3ccco3)CC2)cc1. The molecule has 2 aromatic rings. The number of benzene rings is 1. The number of carbonyl (C=O) groups excluding carboxylic acids is 2. The smallest absolute Gasteiger partial charge is 0.290 e. The summed E-state index contributed by atoms with van der Waals surface area (Å²) in [5, 5.41) is 0. The van der Waals surface area contributed by atoms with E-state index in [1.165, 1.54) is 10.6 Å². The Morgan fingerprint density at radius 2 is 1.67 bits per heavy atom. The van der Waals surface area contributed by atoms with Crippen LogP contribution in [-0.4, -0.2) is 73.1 Å². The average Bonchev–Trinajstić information content (AvgIpc) is 3.38. The van der Waals surface area contributed by atoms with Crippen LogP contribution >= 0.6 is 0 Å². The van der Waals surface area contributed by atoms with Crippen LogP contribution in [0.5, 0.6) is 0 Å². The lowest BCUT2D eigenvalue weighted by Gasteiger charge is -2.40. The molecule has 0 N–H and O–H groups in total. The van der Waals surface area contributed by atoms with Crippen molar-refractivity contribution < 1.29 is 22.4 Å². The third-order valence-electron chi connectivity index (χ3n) is 6.52. The molecule has 2 saturated heterocycles. The first-order chi connectivity index (χ1) is 15.8. The van der Waals surface area contributed by atoms with Crippen molar-refractivity contribution in [2.75, 3.05) is 32.7 Å². The lowest BCUT2D eigenvalue weighted by atomic mass is 10.00. The van der Waals surface area contributed by atoms with E-state index in [1.54, 1.807) is 34.1 Å². The number of hydrogen-bond donors (Lipinski definition) is 0. The number of piperazine rings is 1. The van der Waals surface area contributed by atoms with Crippen molar-refractivity contribution in [2.24, 2.45) is 0 Å². The topological polar surface area (TPSA) is 91.1 Å². The Bertz CT molecular complexity index is 1070. The molecule has 0 bridgehead atoms. The highest BCUT2D eigenvalue weighted by Gasteiger charge is 2.38. The van der Waals surface area contributed by atoms with Gasteiger partial charge in [-0.05, 0) is 55.0 Å². The molecule has 0 aliphatic carbocycles. The van der Waals surface area contributed by atoms with Gasteiger partial charge in [0, 0.05) is 32.7 Å². The minimum absolute atomic E-state index is 0.118. The first kappa shape index (κ1) is 23.5. The Morgan fingerprint density at radius 1 is 0.970 bits per heavy atom. The van der Waals surface area contributed by atoms with E-state index in [1.807, 2.05) is 12.1 Å². The third kappa shape index (κ3) is 4.84. The fourth-order valence-electron chi connectivity index (χ4n) is 4.51. The molecule has 2 aliphatic rings. The Balaban J connectivity index is 1.41. The fourth-order valence-corrected chi connectivity index (χ4v) is 5.93. The third-order valence-corrected chi connectivity index (χ3v) is 8.43. The van der Waals surface area contributed by atoms with Crippen LogP contribution in [0, 0.1) is 0 Å². The second kappa shape index (κ2) is 9.69. The van der Waals surface area contributed by atoms with Crippen molar-refractivity contribution in [3.05, 3.63) is 54.0 Å². The zero-order valence-electron chi connectivity index (χ0n) is 19.1. The van der Waals surface area contributed by atoms with E-state index < -0.39 is 16.1 Å². The van der Waals surface area contributed by atoms with Crippen LogP contribution in [-0.2, 0) is 14.8 Å². The standard InChI is InChI=1S/C24H31N3O5S/c1-18(2)19-8-10-20(11-9-19)33(30,31)26-15-13-25(14-16-26)23(28)21-6-3-4-12-27(21)24(29)22-7-5-17-32-22/h5,7-11,17-18,21H,3-4,6,12-16H2,1-2H3. The van der Waals surface area contributed by atoms with E-state index >= 15 is 0 Å². The maximum Gasteiger partial charge on any atom is 0.290 e. The molecule has 1 aromatic heterocycles. The van der Waals surface area contributed by atoms with Crippen molar-refractivity contribution in [3.63, 3.8) is 0 Å². The van der Waals surface area contributed by atoms with Gasteiger partial charge in [-0.2, -0.15) is 4.31 Å². The molecule has 3 heterocycles. The van der Waals surface area contributed by atoms with E-state index in [4.69, 9.17) is 4.42 Å². The number of furan rings is 1. The molecule has 0 spiro atoms. The Morgan fingerprint density at radius 3 is 2.27 bits per heavy atom. The lowest BCUT2D eigenvalue weighted by molar-refractivity contribution is -0.138. The van der Waals surface area contributed by atoms with Crippen LogP contribution < -0.4 is 0 Å². The van der Waals surface area contributed by atoms with Gasteiger partial charge in [-0.1, -0.05) is 26.0 Å². The molecule has 9 heteroatoms. The zero-order chi connectivity index (χ0) is 23.6. The van der Waals surface area contributed by atoms with E-state index in [0.717, 1.165) is 18.4 Å². The number of carbonyl (C=O) groups is 2. The quantitative estimate of drug-likeness (QED) is 0.666. The molecule has 1 aromatic carbocycles. The Labute approximate surface area is 195 Å².